The van der Waals surface area contributed by atoms with Crippen molar-refractivity contribution in [2.45, 2.75) is 39.5 Å². The summed E-state index contributed by atoms with van der Waals surface area (Å²) in [6.07, 6.45) is 3.20. The molecule has 0 radical (unpaired) electrons. The Labute approximate surface area is 125 Å². The van der Waals surface area contributed by atoms with Crippen LogP contribution in [0.15, 0.2) is 12.1 Å². The molecule has 1 aromatic rings. The summed E-state index contributed by atoms with van der Waals surface area (Å²) < 4.78 is 0. The van der Waals surface area contributed by atoms with Crippen molar-refractivity contribution in [3.05, 3.63) is 23.4 Å². The Bertz CT molecular complexity index is 569. The standard InChI is InChI=1S/C16H21N3O2/c1-11-5-7-16(8-6-11,15(20)21)10-18-14-13(9-17)4-3-12(2)19-14/h3-4,11H,5-8,10H2,1-2H3,(H,18,19)(H,20,21). The fourth-order valence-corrected chi connectivity index (χ4v) is 2.82. The molecule has 1 aromatic heterocycles. The Hall–Kier alpha value is -2.09. The Balaban J connectivity index is 2.15. The number of rotatable bonds is 4. The number of nitrogens with one attached hydrogen (secondary N) is 1. The van der Waals surface area contributed by atoms with E-state index in [9.17, 15) is 9.90 Å². The summed E-state index contributed by atoms with van der Waals surface area (Å²) in [4.78, 5) is 16.0. The highest BCUT2D eigenvalue weighted by molar-refractivity contribution is 5.75. The minimum atomic E-state index is -0.756. The predicted molar refractivity (Wildman–Crippen MR) is 79.9 cm³/mol. The summed E-state index contributed by atoms with van der Waals surface area (Å²) in [5, 5.41) is 21.8. The molecule has 0 bridgehead atoms. The zero-order valence-electron chi connectivity index (χ0n) is 12.5. The molecular formula is C16H21N3O2. The van der Waals surface area contributed by atoms with E-state index in [1.807, 2.05) is 6.92 Å². The first-order valence-electron chi connectivity index (χ1n) is 7.32. The van der Waals surface area contributed by atoms with Crippen LogP contribution in [0.5, 0.6) is 0 Å². The van der Waals surface area contributed by atoms with Crippen molar-refractivity contribution in [2.75, 3.05) is 11.9 Å². The number of nitrogens with zero attached hydrogens (tertiary/aromatic N) is 2. The molecule has 0 saturated heterocycles. The maximum absolute atomic E-state index is 11.7. The van der Waals surface area contributed by atoms with Crippen molar-refractivity contribution in [1.29, 1.82) is 5.26 Å². The van der Waals surface area contributed by atoms with E-state index >= 15 is 0 Å². The number of aromatic nitrogens is 1. The number of carbonyl (C=O) groups is 1. The van der Waals surface area contributed by atoms with Gasteiger partial charge in [-0.15, -0.1) is 0 Å². The number of carboxylic acid groups (broad SMARTS) is 1. The lowest BCUT2D eigenvalue weighted by molar-refractivity contribution is -0.150. The zero-order chi connectivity index (χ0) is 15.5. The van der Waals surface area contributed by atoms with Gasteiger partial charge in [0.1, 0.15) is 11.9 Å². The van der Waals surface area contributed by atoms with Gasteiger partial charge in [0.25, 0.3) is 0 Å². The van der Waals surface area contributed by atoms with Crippen LogP contribution in [0.2, 0.25) is 0 Å². The topological polar surface area (TPSA) is 86.0 Å². The summed E-state index contributed by atoms with van der Waals surface area (Å²) in [6.45, 7) is 4.33. The molecule has 0 unspecified atom stereocenters. The molecule has 1 saturated carbocycles. The Kier molecular flexibility index (Phi) is 4.46. The van der Waals surface area contributed by atoms with E-state index in [4.69, 9.17) is 5.26 Å². The average Bonchev–Trinajstić information content (AvgIpc) is 2.47. The van der Waals surface area contributed by atoms with Crippen LogP contribution in [0.3, 0.4) is 0 Å². The smallest absolute Gasteiger partial charge is 0.311 e. The van der Waals surface area contributed by atoms with Crippen LogP contribution in [0.1, 0.15) is 43.9 Å². The van der Waals surface area contributed by atoms with Gasteiger partial charge in [-0.3, -0.25) is 4.79 Å². The predicted octanol–water partition coefficient (Wildman–Crippen LogP) is 2.95. The van der Waals surface area contributed by atoms with Crippen LogP contribution < -0.4 is 5.32 Å². The Morgan fingerprint density at radius 3 is 2.76 bits per heavy atom. The highest BCUT2D eigenvalue weighted by Crippen LogP contribution is 2.39. The monoisotopic (exact) mass is 287 g/mol. The van der Waals surface area contributed by atoms with E-state index in [0.717, 1.165) is 18.5 Å². The van der Waals surface area contributed by atoms with Gasteiger partial charge >= 0.3 is 5.97 Å². The summed E-state index contributed by atoms with van der Waals surface area (Å²) in [7, 11) is 0. The van der Waals surface area contributed by atoms with Gasteiger partial charge in [0.05, 0.1) is 11.0 Å². The normalized spacial score (nSPS) is 25.1. The SMILES string of the molecule is Cc1ccc(C#N)c(NCC2(C(=O)O)CCC(C)CC2)n1. The van der Waals surface area contributed by atoms with Gasteiger partial charge in [-0.25, -0.2) is 4.98 Å². The van der Waals surface area contributed by atoms with E-state index in [1.165, 1.54) is 0 Å². The molecule has 1 heterocycles. The molecule has 0 atom stereocenters. The summed E-state index contributed by atoms with van der Waals surface area (Å²) in [5.41, 5.74) is 0.508. The first-order valence-corrected chi connectivity index (χ1v) is 7.32. The van der Waals surface area contributed by atoms with Crippen molar-refractivity contribution in [3.8, 4) is 6.07 Å². The van der Waals surface area contributed by atoms with Gasteiger partial charge in [0.15, 0.2) is 0 Å². The molecule has 21 heavy (non-hydrogen) atoms. The van der Waals surface area contributed by atoms with Gasteiger partial charge in [-0.2, -0.15) is 5.26 Å². The summed E-state index contributed by atoms with van der Waals surface area (Å²) in [5.74, 6) is 0.314. The minimum absolute atomic E-state index is 0.320. The number of pyridine rings is 1. The molecule has 1 aliphatic carbocycles. The van der Waals surface area contributed by atoms with Gasteiger partial charge in [-0.1, -0.05) is 6.92 Å². The van der Waals surface area contributed by atoms with Gasteiger partial charge < -0.3 is 10.4 Å². The lowest BCUT2D eigenvalue weighted by Gasteiger charge is -2.36. The number of hydrogen-bond donors (Lipinski definition) is 2. The molecule has 2 N–H and O–H groups in total. The Morgan fingerprint density at radius 1 is 1.52 bits per heavy atom. The fraction of sp³-hybridized carbons (Fsp3) is 0.562. The number of aliphatic carboxylic acids is 1. The van der Waals surface area contributed by atoms with E-state index < -0.39 is 11.4 Å². The maximum atomic E-state index is 11.7. The minimum Gasteiger partial charge on any atom is -0.481 e. The number of hydrogen-bond acceptors (Lipinski definition) is 4. The van der Waals surface area contributed by atoms with Crippen molar-refractivity contribution in [1.82, 2.24) is 4.98 Å². The van der Waals surface area contributed by atoms with Crippen molar-refractivity contribution in [2.24, 2.45) is 11.3 Å². The molecule has 0 aliphatic heterocycles. The lowest BCUT2D eigenvalue weighted by atomic mass is 9.71. The van der Waals surface area contributed by atoms with E-state index in [-0.39, 0.29) is 0 Å². The zero-order valence-corrected chi connectivity index (χ0v) is 12.5. The molecule has 2 rings (SSSR count). The molecule has 5 heteroatoms. The van der Waals surface area contributed by atoms with Crippen molar-refractivity contribution in [3.63, 3.8) is 0 Å². The van der Waals surface area contributed by atoms with Gasteiger partial charge in [0.2, 0.25) is 0 Å². The lowest BCUT2D eigenvalue weighted by Crippen LogP contribution is -2.41. The number of aryl methyl sites for hydroxylation is 1. The van der Waals surface area contributed by atoms with Crippen LogP contribution in [0.25, 0.3) is 0 Å². The summed E-state index contributed by atoms with van der Waals surface area (Å²) in [6, 6.07) is 5.57. The van der Waals surface area contributed by atoms with Crippen molar-refractivity contribution >= 4 is 11.8 Å². The van der Waals surface area contributed by atoms with Crippen LogP contribution in [-0.2, 0) is 4.79 Å². The largest absolute Gasteiger partial charge is 0.481 e. The fourth-order valence-electron chi connectivity index (χ4n) is 2.82. The van der Waals surface area contributed by atoms with E-state index in [2.05, 4.69) is 23.3 Å². The number of nitriles is 1. The third-order valence-corrected chi connectivity index (χ3v) is 4.43. The molecular weight excluding hydrogens is 266 g/mol. The van der Waals surface area contributed by atoms with Gasteiger partial charge in [0, 0.05) is 12.2 Å². The van der Waals surface area contributed by atoms with E-state index in [1.54, 1.807) is 12.1 Å². The van der Waals surface area contributed by atoms with Crippen molar-refractivity contribution < 1.29 is 9.90 Å². The second-order valence-electron chi connectivity index (χ2n) is 6.08. The second-order valence-corrected chi connectivity index (χ2v) is 6.08. The second kappa shape index (κ2) is 6.13. The summed E-state index contributed by atoms with van der Waals surface area (Å²) >= 11 is 0. The third kappa shape index (κ3) is 3.33. The van der Waals surface area contributed by atoms with Crippen LogP contribution >= 0.6 is 0 Å². The molecule has 0 spiro atoms. The molecule has 1 aliphatic rings. The highest BCUT2D eigenvalue weighted by atomic mass is 16.4. The molecule has 1 fully saturated rings. The van der Waals surface area contributed by atoms with Crippen LogP contribution in [0, 0.1) is 29.6 Å². The first-order chi connectivity index (χ1) is 9.97. The van der Waals surface area contributed by atoms with Crippen LogP contribution in [0.4, 0.5) is 5.82 Å². The molecule has 0 aromatic carbocycles. The van der Waals surface area contributed by atoms with Crippen LogP contribution in [-0.4, -0.2) is 22.6 Å². The molecule has 5 nitrogen and oxygen atoms in total. The number of carboxylic acids is 1. The highest BCUT2D eigenvalue weighted by Gasteiger charge is 2.41. The number of anilines is 1. The first kappa shape index (κ1) is 15.3. The van der Waals surface area contributed by atoms with E-state index in [0.29, 0.717) is 36.7 Å². The molecule has 0 amide bonds. The quantitative estimate of drug-likeness (QED) is 0.889. The molecule has 112 valence electrons. The maximum Gasteiger partial charge on any atom is 0.311 e. The Morgan fingerprint density at radius 2 is 2.19 bits per heavy atom. The average molecular weight is 287 g/mol. The van der Waals surface area contributed by atoms with Gasteiger partial charge in [-0.05, 0) is 50.7 Å². The third-order valence-electron chi connectivity index (χ3n) is 4.43.